The summed E-state index contributed by atoms with van der Waals surface area (Å²) in [5, 5.41) is 12.7. The molecule has 20 heavy (non-hydrogen) atoms. The predicted molar refractivity (Wildman–Crippen MR) is 83.0 cm³/mol. The molecule has 0 bridgehead atoms. The fraction of sp³-hybridized carbons (Fsp3) is 0.588. The molecule has 0 spiro atoms. The van der Waals surface area contributed by atoms with Crippen molar-refractivity contribution in [2.75, 3.05) is 13.1 Å². The van der Waals surface area contributed by atoms with Gasteiger partial charge in [0.15, 0.2) is 0 Å². The second-order valence-corrected chi connectivity index (χ2v) is 5.38. The maximum Gasteiger partial charge on any atom is 0.312 e. The molecule has 0 fully saturated rings. The van der Waals surface area contributed by atoms with E-state index in [0.717, 1.165) is 18.5 Å². The maximum absolute atomic E-state index is 11.4. The summed E-state index contributed by atoms with van der Waals surface area (Å²) in [5.74, 6) is -0.564. The van der Waals surface area contributed by atoms with Crippen LogP contribution in [-0.4, -0.2) is 24.2 Å². The Kier molecular flexibility index (Phi) is 7.97. The van der Waals surface area contributed by atoms with Gasteiger partial charge in [-0.25, -0.2) is 0 Å². The summed E-state index contributed by atoms with van der Waals surface area (Å²) in [5.41, 5.74) is 0.870. The second-order valence-electron chi connectivity index (χ2n) is 5.38. The molecule has 0 amide bonds. The summed E-state index contributed by atoms with van der Waals surface area (Å²) in [4.78, 5) is 11.4. The van der Waals surface area contributed by atoms with Gasteiger partial charge in [0.1, 0.15) is 0 Å². The molecule has 2 atom stereocenters. The van der Waals surface area contributed by atoms with Crippen molar-refractivity contribution >= 4 is 5.97 Å². The van der Waals surface area contributed by atoms with Crippen LogP contribution in [0.2, 0.25) is 0 Å². The summed E-state index contributed by atoms with van der Waals surface area (Å²) in [6.45, 7) is 5.82. The van der Waals surface area contributed by atoms with Crippen LogP contribution >= 0.6 is 0 Å². The molecule has 2 unspecified atom stereocenters. The van der Waals surface area contributed by atoms with Gasteiger partial charge in [0, 0.05) is 6.54 Å². The van der Waals surface area contributed by atoms with E-state index in [1.807, 2.05) is 30.3 Å². The topological polar surface area (TPSA) is 49.3 Å². The lowest BCUT2D eigenvalue weighted by atomic mass is 9.97. The zero-order valence-electron chi connectivity index (χ0n) is 12.6. The fourth-order valence-corrected chi connectivity index (χ4v) is 2.41. The Labute approximate surface area is 122 Å². The van der Waals surface area contributed by atoms with Gasteiger partial charge >= 0.3 is 5.97 Å². The van der Waals surface area contributed by atoms with Gasteiger partial charge in [0.05, 0.1) is 5.92 Å². The molecule has 0 radical (unpaired) electrons. The van der Waals surface area contributed by atoms with Gasteiger partial charge in [0.25, 0.3) is 0 Å². The van der Waals surface area contributed by atoms with Crippen LogP contribution in [0, 0.1) is 5.92 Å². The molecule has 112 valence electrons. The van der Waals surface area contributed by atoms with Crippen molar-refractivity contribution in [2.45, 2.75) is 45.4 Å². The first-order valence-corrected chi connectivity index (χ1v) is 7.67. The third-order valence-corrected chi connectivity index (χ3v) is 3.82. The Hall–Kier alpha value is -1.35. The summed E-state index contributed by atoms with van der Waals surface area (Å²) in [7, 11) is 0. The van der Waals surface area contributed by atoms with E-state index in [9.17, 15) is 9.90 Å². The molecular weight excluding hydrogens is 250 g/mol. The largest absolute Gasteiger partial charge is 0.481 e. The van der Waals surface area contributed by atoms with E-state index in [1.165, 1.54) is 19.3 Å². The molecule has 1 aromatic carbocycles. The average molecular weight is 277 g/mol. The van der Waals surface area contributed by atoms with Crippen molar-refractivity contribution in [1.29, 1.82) is 0 Å². The number of hydrogen-bond acceptors (Lipinski definition) is 2. The Morgan fingerprint density at radius 3 is 2.45 bits per heavy atom. The van der Waals surface area contributed by atoms with Crippen molar-refractivity contribution in [2.24, 2.45) is 5.92 Å². The third kappa shape index (κ3) is 5.74. The highest BCUT2D eigenvalue weighted by Crippen LogP contribution is 2.16. The van der Waals surface area contributed by atoms with Crippen molar-refractivity contribution < 1.29 is 9.90 Å². The zero-order valence-corrected chi connectivity index (χ0v) is 12.6. The summed E-state index contributed by atoms with van der Waals surface area (Å²) >= 11 is 0. The van der Waals surface area contributed by atoms with Crippen molar-refractivity contribution in [3.05, 3.63) is 35.9 Å². The van der Waals surface area contributed by atoms with Gasteiger partial charge in [-0.15, -0.1) is 0 Å². The number of aliphatic carboxylic acids is 1. The van der Waals surface area contributed by atoms with E-state index in [1.54, 1.807) is 0 Å². The van der Waals surface area contributed by atoms with Crippen LogP contribution in [0.5, 0.6) is 0 Å². The quantitative estimate of drug-likeness (QED) is 0.686. The average Bonchev–Trinajstić information content (AvgIpc) is 2.47. The number of nitrogens with one attached hydrogen (secondary N) is 1. The van der Waals surface area contributed by atoms with Gasteiger partial charge in [-0.05, 0) is 24.4 Å². The first kappa shape index (κ1) is 16.7. The lowest BCUT2D eigenvalue weighted by Crippen LogP contribution is -2.30. The molecule has 0 heterocycles. The standard InChI is InChI=1S/C17H27NO2/c1-3-5-9-14(4-2)12-18-13-16(17(19)20)15-10-7-6-8-11-15/h6-8,10-11,14,16,18H,3-5,9,12-13H2,1-2H3,(H,19,20). The van der Waals surface area contributed by atoms with Crippen LogP contribution in [0.25, 0.3) is 0 Å². The lowest BCUT2D eigenvalue weighted by Gasteiger charge is -2.18. The highest BCUT2D eigenvalue weighted by atomic mass is 16.4. The van der Waals surface area contributed by atoms with Crippen molar-refractivity contribution in [1.82, 2.24) is 5.32 Å². The fourth-order valence-electron chi connectivity index (χ4n) is 2.41. The minimum absolute atomic E-state index is 0.458. The van der Waals surface area contributed by atoms with Gasteiger partial charge in [-0.1, -0.05) is 63.4 Å². The Morgan fingerprint density at radius 2 is 1.90 bits per heavy atom. The number of unbranched alkanes of at least 4 members (excludes halogenated alkanes) is 1. The molecule has 2 N–H and O–H groups in total. The van der Waals surface area contributed by atoms with Gasteiger partial charge < -0.3 is 10.4 Å². The van der Waals surface area contributed by atoms with Gasteiger partial charge in [0.2, 0.25) is 0 Å². The second kappa shape index (κ2) is 9.54. The van der Waals surface area contributed by atoms with Crippen LogP contribution in [0.15, 0.2) is 30.3 Å². The molecule has 3 nitrogen and oxygen atoms in total. The molecule has 1 rings (SSSR count). The van der Waals surface area contributed by atoms with Crippen molar-refractivity contribution in [3.63, 3.8) is 0 Å². The van der Waals surface area contributed by atoms with Gasteiger partial charge in [-0.2, -0.15) is 0 Å². The van der Waals surface area contributed by atoms with Crippen LogP contribution in [0.4, 0.5) is 0 Å². The lowest BCUT2D eigenvalue weighted by molar-refractivity contribution is -0.138. The Balaban J connectivity index is 2.46. The van der Waals surface area contributed by atoms with Crippen LogP contribution in [0.3, 0.4) is 0 Å². The number of carboxylic acid groups (broad SMARTS) is 1. The van der Waals surface area contributed by atoms with E-state index in [0.29, 0.717) is 12.5 Å². The number of benzene rings is 1. The number of carboxylic acids is 1. The van der Waals surface area contributed by atoms with E-state index in [2.05, 4.69) is 19.2 Å². The van der Waals surface area contributed by atoms with E-state index in [4.69, 9.17) is 0 Å². The number of carbonyl (C=O) groups is 1. The summed E-state index contributed by atoms with van der Waals surface area (Å²) < 4.78 is 0. The molecule has 3 heteroatoms. The first-order valence-electron chi connectivity index (χ1n) is 7.67. The minimum atomic E-state index is -0.759. The van der Waals surface area contributed by atoms with E-state index in [-0.39, 0.29) is 0 Å². The van der Waals surface area contributed by atoms with Crippen molar-refractivity contribution in [3.8, 4) is 0 Å². The Bertz CT molecular complexity index is 378. The summed E-state index contributed by atoms with van der Waals surface area (Å²) in [6, 6.07) is 9.46. The zero-order chi connectivity index (χ0) is 14.8. The number of rotatable bonds is 10. The van der Waals surface area contributed by atoms with E-state index >= 15 is 0 Å². The predicted octanol–water partition coefficient (Wildman–Crippen LogP) is 3.66. The van der Waals surface area contributed by atoms with Crippen LogP contribution in [-0.2, 0) is 4.79 Å². The Morgan fingerprint density at radius 1 is 1.20 bits per heavy atom. The molecule has 0 saturated carbocycles. The smallest absolute Gasteiger partial charge is 0.312 e. The molecule has 0 aliphatic carbocycles. The molecule has 1 aromatic rings. The highest BCUT2D eigenvalue weighted by molar-refractivity contribution is 5.76. The normalized spacial score (nSPS) is 13.9. The molecular formula is C17H27NO2. The highest BCUT2D eigenvalue weighted by Gasteiger charge is 2.19. The minimum Gasteiger partial charge on any atom is -0.481 e. The maximum atomic E-state index is 11.4. The van der Waals surface area contributed by atoms with Crippen LogP contribution in [0.1, 0.15) is 51.0 Å². The third-order valence-electron chi connectivity index (χ3n) is 3.82. The molecule has 0 aliphatic rings. The molecule has 0 saturated heterocycles. The first-order chi connectivity index (χ1) is 9.69. The SMILES string of the molecule is CCCCC(CC)CNCC(C(=O)O)c1ccccc1. The molecule has 0 aromatic heterocycles. The summed E-state index contributed by atoms with van der Waals surface area (Å²) in [6.07, 6.45) is 4.85. The van der Waals surface area contributed by atoms with Gasteiger partial charge in [-0.3, -0.25) is 4.79 Å². The molecule has 0 aliphatic heterocycles. The van der Waals surface area contributed by atoms with Crippen LogP contribution < -0.4 is 5.32 Å². The van der Waals surface area contributed by atoms with E-state index < -0.39 is 11.9 Å². The monoisotopic (exact) mass is 277 g/mol. The number of hydrogen-bond donors (Lipinski definition) is 2.